The van der Waals surface area contributed by atoms with Crippen molar-refractivity contribution in [2.24, 2.45) is 5.92 Å². The molecule has 3 heteroatoms. The zero-order chi connectivity index (χ0) is 14.1. The van der Waals surface area contributed by atoms with Crippen LogP contribution in [0.4, 0.5) is 17.1 Å². The lowest BCUT2D eigenvalue weighted by Crippen LogP contribution is -2.30. The van der Waals surface area contributed by atoms with Crippen molar-refractivity contribution in [2.45, 2.75) is 13.3 Å². The summed E-state index contributed by atoms with van der Waals surface area (Å²) >= 11 is 0. The van der Waals surface area contributed by atoms with Gasteiger partial charge in [0, 0.05) is 23.6 Å². The van der Waals surface area contributed by atoms with Crippen LogP contribution in [-0.4, -0.2) is 6.54 Å². The number of nitrogen functional groups attached to an aromatic ring is 1. The predicted octanol–water partition coefficient (Wildman–Crippen LogP) is 3.47. The van der Waals surface area contributed by atoms with E-state index < -0.39 is 0 Å². The van der Waals surface area contributed by atoms with Crippen LogP contribution in [0.2, 0.25) is 0 Å². The third kappa shape index (κ3) is 2.10. The van der Waals surface area contributed by atoms with Crippen LogP contribution in [0.5, 0.6) is 0 Å². The topological polar surface area (TPSA) is 53.0 Å². The molecule has 0 spiro atoms. The number of benzene rings is 2. The van der Waals surface area contributed by atoms with Gasteiger partial charge < -0.3 is 10.6 Å². The quantitative estimate of drug-likeness (QED) is 0.801. The Labute approximate surface area is 119 Å². The van der Waals surface area contributed by atoms with Crippen molar-refractivity contribution in [1.82, 2.24) is 0 Å². The third-order valence-electron chi connectivity index (χ3n) is 3.81. The molecule has 0 bridgehead atoms. The van der Waals surface area contributed by atoms with Crippen LogP contribution in [-0.2, 0) is 6.42 Å². The largest absolute Gasteiger partial charge is 0.398 e. The Morgan fingerprint density at radius 2 is 2.05 bits per heavy atom. The van der Waals surface area contributed by atoms with E-state index in [0.717, 1.165) is 18.7 Å². The number of hydrogen-bond donors (Lipinski definition) is 1. The molecule has 2 N–H and O–H groups in total. The highest BCUT2D eigenvalue weighted by atomic mass is 15.1. The summed E-state index contributed by atoms with van der Waals surface area (Å²) in [5, 5.41) is 9.14. The van der Waals surface area contributed by atoms with Crippen molar-refractivity contribution >= 4 is 17.1 Å². The zero-order valence-corrected chi connectivity index (χ0v) is 11.5. The van der Waals surface area contributed by atoms with E-state index in [0.29, 0.717) is 17.2 Å². The van der Waals surface area contributed by atoms with Crippen molar-refractivity contribution in [2.75, 3.05) is 17.2 Å². The molecule has 2 aromatic carbocycles. The normalized spacial score (nSPS) is 17.4. The fourth-order valence-electron chi connectivity index (χ4n) is 2.85. The van der Waals surface area contributed by atoms with Crippen molar-refractivity contribution < 1.29 is 0 Å². The molecule has 1 aliphatic heterocycles. The summed E-state index contributed by atoms with van der Waals surface area (Å²) in [5.41, 5.74) is 10.5. The summed E-state index contributed by atoms with van der Waals surface area (Å²) in [4.78, 5) is 2.28. The maximum Gasteiger partial charge on any atom is 0.101 e. The second-order valence-corrected chi connectivity index (χ2v) is 5.43. The molecule has 20 heavy (non-hydrogen) atoms. The van der Waals surface area contributed by atoms with Crippen LogP contribution in [0.25, 0.3) is 0 Å². The number of rotatable bonds is 1. The average molecular weight is 263 g/mol. The molecule has 1 aliphatic rings. The number of fused-ring (bicyclic) bond motifs is 1. The van der Waals surface area contributed by atoms with E-state index in [2.05, 4.69) is 42.2 Å². The molecule has 1 atom stereocenters. The Kier molecular flexibility index (Phi) is 3.08. The van der Waals surface area contributed by atoms with Gasteiger partial charge in [-0.1, -0.05) is 25.1 Å². The first kappa shape index (κ1) is 12.6. The van der Waals surface area contributed by atoms with Gasteiger partial charge in [0.25, 0.3) is 0 Å². The van der Waals surface area contributed by atoms with Crippen LogP contribution in [0.3, 0.4) is 0 Å². The molecule has 3 rings (SSSR count). The molecule has 0 aromatic heterocycles. The minimum absolute atomic E-state index is 0.537. The summed E-state index contributed by atoms with van der Waals surface area (Å²) in [6, 6.07) is 16.3. The molecule has 0 radical (unpaired) electrons. The van der Waals surface area contributed by atoms with Crippen molar-refractivity contribution in [3.8, 4) is 6.07 Å². The summed E-state index contributed by atoms with van der Waals surface area (Å²) in [6.45, 7) is 3.22. The van der Waals surface area contributed by atoms with Gasteiger partial charge in [0.15, 0.2) is 0 Å². The lowest BCUT2D eigenvalue weighted by molar-refractivity contribution is 0.562. The monoisotopic (exact) mass is 263 g/mol. The van der Waals surface area contributed by atoms with Gasteiger partial charge in [0.1, 0.15) is 6.07 Å². The number of hydrogen-bond acceptors (Lipinski definition) is 3. The lowest BCUT2D eigenvalue weighted by atomic mass is 9.93. The minimum atomic E-state index is 0.537. The molecule has 0 saturated heterocycles. The number of anilines is 3. The van der Waals surface area contributed by atoms with Crippen LogP contribution in [0.15, 0.2) is 42.5 Å². The van der Waals surface area contributed by atoms with Crippen molar-refractivity contribution in [3.63, 3.8) is 0 Å². The van der Waals surface area contributed by atoms with Crippen molar-refractivity contribution in [3.05, 3.63) is 53.6 Å². The molecular weight excluding hydrogens is 246 g/mol. The first-order valence-electron chi connectivity index (χ1n) is 6.84. The minimum Gasteiger partial charge on any atom is -0.398 e. The fraction of sp³-hybridized carbons (Fsp3) is 0.235. The number of nitrogens with two attached hydrogens (primary N) is 1. The Morgan fingerprint density at radius 1 is 1.25 bits per heavy atom. The summed E-state index contributed by atoms with van der Waals surface area (Å²) < 4.78 is 0. The van der Waals surface area contributed by atoms with Crippen LogP contribution in [0, 0.1) is 17.2 Å². The summed E-state index contributed by atoms with van der Waals surface area (Å²) in [6.07, 6.45) is 1.10. The van der Waals surface area contributed by atoms with Gasteiger partial charge in [0.2, 0.25) is 0 Å². The van der Waals surface area contributed by atoms with Gasteiger partial charge in [-0.05, 0) is 42.2 Å². The highest BCUT2D eigenvalue weighted by molar-refractivity contribution is 5.71. The Hall–Kier alpha value is -2.47. The first-order chi connectivity index (χ1) is 9.69. The van der Waals surface area contributed by atoms with E-state index in [1.807, 2.05) is 18.2 Å². The first-order valence-corrected chi connectivity index (χ1v) is 6.84. The zero-order valence-electron chi connectivity index (χ0n) is 11.5. The third-order valence-corrected chi connectivity index (χ3v) is 3.81. The Bertz CT molecular complexity index is 685. The van der Waals surface area contributed by atoms with E-state index in [9.17, 15) is 0 Å². The highest BCUT2D eigenvalue weighted by Crippen LogP contribution is 2.36. The van der Waals surface area contributed by atoms with Gasteiger partial charge in [0.05, 0.1) is 5.56 Å². The molecule has 1 heterocycles. The molecule has 100 valence electrons. The fourth-order valence-corrected chi connectivity index (χ4v) is 2.85. The highest BCUT2D eigenvalue weighted by Gasteiger charge is 2.22. The smallest absolute Gasteiger partial charge is 0.101 e. The number of para-hydroxylation sites is 1. The molecule has 0 fully saturated rings. The van der Waals surface area contributed by atoms with E-state index in [-0.39, 0.29) is 0 Å². The second-order valence-electron chi connectivity index (χ2n) is 5.43. The predicted molar refractivity (Wildman–Crippen MR) is 81.9 cm³/mol. The van der Waals surface area contributed by atoms with Crippen molar-refractivity contribution in [1.29, 1.82) is 5.26 Å². The summed E-state index contributed by atoms with van der Waals surface area (Å²) in [5.74, 6) is 0.591. The summed E-state index contributed by atoms with van der Waals surface area (Å²) in [7, 11) is 0. The molecule has 1 unspecified atom stereocenters. The number of nitrogens with zero attached hydrogens (tertiary/aromatic N) is 2. The molecule has 0 amide bonds. The Morgan fingerprint density at radius 3 is 2.85 bits per heavy atom. The van der Waals surface area contributed by atoms with Gasteiger partial charge in [-0.2, -0.15) is 5.26 Å². The van der Waals surface area contributed by atoms with Crippen LogP contribution in [0.1, 0.15) is 18.1 Å². The van der Waals surface area contributed by atoms with Crippen LogP contribution >= 0.6 is 0 Å². The standard InChI is InChI=1S/C17H17N3/c1-12-8-13-4-2-3-5-17(13)20(11-12)15-6-7-16(19)14(9-15)10-18/h2-7,9,12H,8,11,19H2,1H3. The van der Waals surface area contributed by atoms with Gasteiger partial charge in [-0.15, -0.1) is 0 Å². The molecule has 2 aromatic rings. The average Bonchev–Trinajstić information content (AvgIpc) is 2.47. The van der Waals surface area contributed by atoms with Gasteiger partial charge in [-0.3, -0.25) is 0 Å². The van der Waals surface area contributed by atoms with E-state index in [1.54, 1.807) is 0 Å². The molecular formula is C17H17N3. The van der Waals surface area contributed by atoms with E-state index >= 15 is 0 Å². The molecule has 0 aliphatic carbocycles. The van der Waals surface area contributed by atoms with Gasteiger partial charge in [-0.25, -0.2) is 0 Å². The Balaban J connectivity index is 2.09. The van der Waals surface area contributed by atoms with Crippen LogP contribution < -0.4 is 10.6 Å². The van der Waals surface area contributed by atoms with Gasteiger partial charge >= 0.3 is 0 Å². The maximum atomic E-state index is 9.14. The van der Waals surface area contributed by atoms with E-state index in [4.69, 9.17) is 11.0 Å². The maximum absolute atomic E-state index is 9.14. The second kappa shape index (κ2) is 4.90. The lowest BCUT2D eigenvalue weighted by Gasteiger charge is -2.35. The molecule has 0 saturated carbocycles. The van der Waals surface area contributed by atoms with E-state index in [1.165, 1.54) is 11.3 Å². The number of nitriles is 1. The molecule has 3 nitrogen and oxygen atoms in total. The SMILES string of the molecule is CC1Cc2ccccc2N(c2ccc(N)c(C#N)c2)C1.